The number of hydrogen-bond donors (Lipinski definition) is 3. The highest BCUT2D eigenvalue weighted by molar-refractivity contribution is 5.89. The number of methoxy groups -OCH3 is 1. The zero-order valence-electron chi connectivity index (χ0n) is 20.7. The lowest BCUT2D eigenvalue weighted by Crippen LogP contribution is -2.33. The number of fused-ring (bicyclic) bond motifs is 1. The minimum absolute atomic E-state index is 0.241. The van der Waals surface area contributed by atoms with E-state index in [1.54, 1.807) is 7.11 Å². The number of anilines is 2. The van der Waals surface area contributed by atoms with Crippen LogP contribution in [0.5, 0.6) is 5.75 Å². The van der Waals surface area contributed by atoms with Crippen LogP contribution in [-0.2, 0) is 6.54 Å². The molecule has 5 rings (SSSR count). The van der Waals surface area contributed by atoms with Gasteiger partial charge in [-0.2, -0.15) is 10.1 Å². The molecular weight excluding hydrogens is 460 g/mol. The van der Waals surface area contributed by atoms with Gasteiger partial charge in [-0.05, 0) is 42.9 Å². The Morgan fingerprint density at radius 3 is 2.83 bits per heavy atom. The maximum atomic E-state index is 11.2. The number of carboxylic acid groups (broad SMARTS) is 1. The first kappa shape index (κ1) is 23.8. The molecule has 36 heavy (non-hydrogen) atoms. The van der Waals surface area contributed by atoms with Crippen molar-refractivity contribution in [3.63, 3.8) is 0 Å². The van der Waals surface area contributed by atoms with Gasteiger partial charge in [-0.25, -0.2) is 9.78 Å². The minimum atomic E-state index is -0.900. The molecule has 4 N–H and O–H groups in total. The normalized spacial score (nSPS) is 15.7. The molecule has 0 unspecified atom stereocenters. The molecule has 0 radical (unpaired) electrons. The molecular formula is C25H32N8O3. The zero-order valence-corrected chi connectivity index (χ0v) is 20.7. The molecule has 1 amide bonds. The van der Waals surface area contributed by atoms with Gasteiger partial charge >= 0.3 is 6.09 Å². The number of nitrogens with zero attached hydrogens (tertiary/aromatic N) is 6. The van der Waals surface area contributed by atoms with E-state index in [0.717, 1.165) is 65.8 Å². The van der Waals surface area contributed by atoms with Gasteiger partial charge in [0, 0.05) is 31.7 Å². The van der Waals surface area contributed by atoms with Gasteiger partial charge in [0.15, 0.2) is 5.82 Å². The summed E-state index contributed by atoms with van der Waals surface area (Å²) in [4.78, 5) is 26.4. The van der Waals surface area contributed by atoms with E-state index in [2.05, 4.69) is 22.2 Å². The fourth-order valence-electron chi connectivity index (χ4n) is 4.57. The lowest BCUT2D eigenvalue weighted by atomic mass is 10.0. The van der Waals surface area contributed by atoms with Gasteiger partial charge < -0.3 is 25.8 Å². The fourth-order valence-corrected chi connectivity index (χ4v) is 4.57. The highest BCUT2D eigenvalue weighted by Gasteiger charge is 2.31. The number of nitrogens with one attached hydrogen (secondary N) is 1. The monoisotopic (exact) mass is 492 g/mol. The van der Waals surface area contributed by atoms with Gasteiger partial charge in [0.2, 0.25) is 5.95 Å². The Labute approximate surface area is 209 Å². The van der Waals surface area contributed by atoms with Gasteiger partial charge in [-0.3, -0.25) is 9.67 Å². The van der Waals surface area contributed by atoms with Gasteiger partial charge in [0.25, 0.3) is 0 Å². The van der Waals surface area contributed by atoms with Gasteiger partial charge in [-0.15, -0.1) is 0 Å². The van der Waals surface area contributed by atoms with Crippen LogP contribution in [0, 0.1) is 0 Å². The van der Waals surface area contributed by atoms with Crippen molar-refractivity contribution in [1.29, 1.82) is 0 Å². The van der Waals surface area contributed by atoms with Crippen molar-refractivity contribution >= 4 is 34.5 Å². The molecule has 0 atom stereocenters. The van der Waals surface area contributed by atoms with Crippen molar-refractivity contribution in [2.45, 2.75) is 51.5 Å². The molecule has 1 saturated carbocycles. The average molecular weight is 493 g/mol. The van der Waals surface area contributed by atoms with E-state index in [1.807, 2.05) is 23.0 Å². The number of unbranched alkanes of at least 4 members (excludes halogenated alkanes) is 1. The van der Waals surface area contributed by atoms with Crippen molar-refractivity contribution in [3.8, 4) is 5.75 Å². The fraction of sp³-hybridized carbons (Fsp3) is 0.480. The summed E-state index contributed by atoms with van der Waals surface area (Å²) in [5.74, 6) is 1.98. The van der Waals surface area contributed by atoms with Crippen LogP contribution in [0.3, 0.4) is 0 Å². The third-order valence-electron chi connectivity index (χ3n) is 6.72. The topological polar surface area (TPSA) is 144 Å². The van der Waals surface area contributed by atoms with E-state index < -0.39 is 6.09 Å². The second-order valence-electron chi connectivity index (χ2n) is 9.31. The summed E-state index contributed by atoms with van der Waals surface area (Å²) in [5, 5.41) is 17.6. The predicted molar refractivity (Wildman–Crippen MR) is 137 cm³/mol. The van der Waals surface area contributed by atoms with Gasteiger partial charge in [-0.1, -0.05) is 19.4 Å². The molecule has 3 aromatic rings. The summed E-state index contributed by atoms with van der Waals surface area (Å²) in [6, 6.07) is 1.97. The van der Waals surface area contributed by atoms with Crippen molar-refractivity contribution in [1.82, 2.24) is 29.6 Å². The number of amides is 1. The number of hydrogen-bond acceptors (Lipinski definition) is 8. The van der Waals surface area contributed by atoms with Crippen LogP contribution in [0.4, 0.5) is 16.6 Å². The smallest absolute Gasteiger partial charge is 0.407 e. The quantitative estimate of drug-likeness (QED) is 0.381. The molecule has 2 aliphatic rings. The Bertz CT molecular complexity index is 1310. The summed E-state index contributed by atoms with van der Waals surface area (Å²) in [7, 11) is 1.63. The molecule has 1 aliphatic heterocycles. The Kier molecular flexibility index (Phi) is 6.62. The van der Waals surface area contributed by atoms with E-state index in [1.165, 1.54) is 4.90 Å². The highest BCUT2D eigenvalue weighted by Crippen LogP contribution is 2.43. The van der Waals surface area contributed by atoms with E-state index in [9.17, 15) is 9.90 Å². The standard InChI is InChI=1S/C25H32N8O3/c1-3-4-9-27-23-22-21(29-24(26)30-23)20(16-5-6-16)31-33(22)14-18-19(36-2)12-17(13-28-18)15-7-10-32(11-8-15)25(34)35/h7,12-13,16H,3-6,8-11,14H2,1-2H3,(H,34,35)(H3,26,27,29,30). The highest BCUT2D eigenvalue weighted by atomic mass is 16.5. The van der Waals surface area contributed by atoms with Crippen molar-refractivity contribution in [2.24, 2.45) is 0 Å². The van der Waals surface area contributed by atoms with E-state index in [4.69, 9.17) is 20.6 Å². The van der Waals surface area contributed by atoms with E-state index in [-0.39, 0.29) is 5.95 Å². The Morgan fingerprint density at radius 1 is 1.33 bits per heavy atom. The summed E-state index contributed by atoms with van der Waals surface area (Å²) in [6.07, 6.45) is 7.78. The maximum Gasteiger partial charge on any atom is 0.407 e. The first-order valence-electron chi connectivity index (χ1n) is 12.5. The van der Waals surface area contributed by atoms with E-state index in [0.29, 0.717) is 43.5 Å². The van der Waals surface area contributed by atoms with Crippen LogP contribution in [0.15, 0.2) is 18.3 Å². The SMILES string of the molecule is CCCCNc1nc(N)nc2c(C3CC3)nn(Cc3ncc(C4=CCN(C(=O)O)CC4)cc3OC)c12. The third kappa shape index (κ3) is 4.77. The summed E-state index contributed by atoms with van der Waals surface area (Å²) in [6.45, 7) is 4.17. The number of nitrogen functional groups attached to an aromatic ring is 1. The van der Waals surface area contributed by atoms with Gasteiger partial charge in [0.1, 0.15) is 22.5 Å². The number of pyridine rings is 1. The molecule has 3 aromatic heterocycles. The third-order valence-corrected chi connectivity index (χ3v) is 6.72. The number of carbonyl (C=O) groups is 1. The van der Waals surface area contributed by atoms with Crippen LogP contribution < -0.4 is 15.8 Å². The number of aromatic nitrogens is 5. The molecule has 0 saturated heterocycles. The van der Waals surface area contributed by atoms with Crippen LogP contribution in [0.25, 0.3) is 16.6 Å². The molecule has 1 fully saturated rings. The second kappa shape index (κ2) is 10.00. The number of nitrogens with two attached hydrogens (primary N) is 1. The molecule has 11 heteroatoms. The molecule has 190 valence electrons. The van der Waals surface area contributed by atoms with Crippen molar-refractivity contribution in [2.75, 3.05) is 37.8 Å². The minimum Gasteiger partial charge on any atom is -0.495 e. The van der Waals surface area contributed by atoms with Crippen LogP contribution in [0.2, 0.25) is 0 Å². The summed E-state index contributed by atoms with van der Waals surface area (Å²) < 4.78 is 7.62. The largest absolute Gasteiger partial charge is 0.495 e. The van der Waals surface area contributed by atoms with Crippen LogP contribution in [0.1, 0.15) is 61.9 Å². The van der Waals surface area contributed by atoms with Crippen LogP contribution >= 0.6 is 0 Å². The molecule has 11 nitrogen and oxygen atoms in total. The Morgan fingerprint density at radius 2 is 2.17 bits per heavy atom. The van der Waals surface area contributed by atoms with Crippen molar-refractivity contribution < 1.29 is 14.6 Å². The Hall–Kier alpha value is -3.89. The lowest BCUT2D eigenvalue weighted by molar-refractivity contribution is 0.150. The second-order valence-corrected chi connectivity index (χ2v) is 9.31. The predicted octanol–water partition coefficient (Wildman–Crippen LogP) is 3.72. The first-order valence-corrected chi connectivity index (χ1v) is 12.5. The van der Waals surface area contributed by atoms with Gasteiger partial charge in [0.05, 0.1) is 19.3 Å². The van der Waals surface area contributed by atoms with Crippen LogP contribution in [-0.4, -0.2) is 67.6 Å². The van der Waals surface area contributed by atoms with E-state index >= 15 is 0 Å². The average Bonchev–Trinajstić information content (AvgIpc) is 3.66. The molecule has 4 heterocycles. The number of rotatable bonds is 9. The Balaban J connectivity index is 1.48. The molecule has 1 aliphatic carbocycles. The van der Waals surface area contributed by atoms with Crippen molar-refractivity contribution in [3.05, 3.63) is 35.3 Å². The molecule has 0 bridgehead atoms. The summed E-state index contributed by atoms with van der Waals surface area (Å²) in [5.41, 5.74) is 11.4. The maximum absolute atomic E-state index is 11.2. The zero-order chi connectivity index (χ0) is 25.2. The molecule has 0 aromatic carbocycles. The first-order chi connectivity index (χ1) is 17.5. The lowest BCUT2D eigenvalue weighted by Gasteiger charge is -2.24. The number of ether oxygens (including phenoxy) is 1. The molecule has 0 spiro atoms. The summed E-state index contributed by atoms with van der Waals surface area (Å²) >= 11 is 0.